The molecule has 0 bridgehead atoms. The molecular formula is C13H13N3OS. The van der Waals surface area contributed by atoms with Crippen LogP contribution in [0.3, 0.4) is 0 Å². The maximum Gasteiger partial charge on any atom is 0.139 e. The molecule has 2 heterocycles. The van der Waals surface area contributed by atoms with Crippen LogP contribution >= 0.6 is 11.3 Å². The van der Waals surface area contributed by atoms with Crippen LogP contribution in [0, 0.1) is 6.92 Å². The Morgan fingerprint density at radius 2 is 2.22 bits per heavy atom. The topological polar surface area (TPSA) is 74.9 Å². The van der Waals surface area contributed by atoms with Gasteiger partial charge in [-0.2, -0.15) is 0 Å². The van der Waals surface area contributed by atoms with E-state index in [9.17, 15) is 0 Å². The summed E-state index contributed by atoms with van der Waals surface area (Å²) in [5, 5.41) is 11.0. The van der Waals surface area contributed by atoms with Gasteiger partial charge in [0.2, 0.25) is 0 Å². The summed E-state index contributed by atoms with van der Waals surface area (Å²) in [5.74, 6) is 0. The number of nitrogens with zero attached hydrogens (tertiary/aromatic N) is 1. The van der Waals surface area contributed by atoms with Crippen molar-refractivity contribution in [3.63, 3.8) is 0 Å². The lowest BCUT2D eigenvalue weighted by molar-refractivity contribution is 0.285. The number of hydrogen-bond acceptors (Lipinski definition) is 4. The van der Waals surface area contributed by atoms with Gasteiger partial charge in [0.05, 0.1) is 28.4 Å². The number of benzene rings is 1. The van der Waals surface area contributed by atoms with Gasteiger partial charge in [0.15, 0.2) is 0 Å². The Bertz CT molecular complexity index is 714. The molecule has 0 atom stereocenters. The molecule has 0 aliphatic carbocycles. The van der Waals surface area contributed by atoms with Crippen LogP contribution in [0.1, 0.15) is 10.4 Å². The molecule has 0 radical (unpaired) electrons. The van der Waals surface area contributed by atoms with E-state index < -0.39 is 0 Å². The lowest BCUT2D eigenvalue weighted by Crippen LogP contribution is -1.87. The van der Waals surface area contributed by atoms with E-state index in [0.29, 0.717) is 0 Å². The third-order valence-corrected chi connectivity index (χ3v) is 3.86. The monoisotopic (exact) mass is 259 g/mol. The highest BCUT2D eigenvalue weighted by atomic mass is 32.1. The molecule has 1 aromatic carbocycles. The molecule has 0 spiro atoms. The van der Waals surface area contributed by atoms with Gasteiger partial charge in [0.1, 0.15) is 5.01 Å². The molecule has 4 N–H and O–H groups in total. The van der Waals surface area contributed by atoms with Crippen molar-refractivity contribution in [1.29, 1.82) is 0 Å². The van der Waals surface area contributed by atoms with Crippen molar-refractivity contribution in [1.82, 2.24) is 9.97 Å². The zero-order valence-electron chi connectivity index (χ0n) is 9.90. The third-order valence-electron chi connectivity index (χ3n) is 2.84. The molecule has 0 saturated heterocycles. The molecule has 18 heavy (non-hydrogen) atoms. The highest BCUT2D eigenvalue weighted by Gasteiger charge is 2.09. The van der Waals surface area contributed by atoms with Crippen LogP contribution in [0.2, 0.25) is 0 Å². The zero-order valence-corrected chi connectivity index (χ0v) is 10.7. The van der Waals surface area contributed by atoms with Gasteiger partial charge in [-0.25, -0.2) is 4.98 Å². The normalized spacial score (nSPS) is 11.2. The second kappa shape index (κ2) is 4.12. The largest absolute Gasteiger partial charge is 0.397 e. The Morgan fingerprint density at radius 1 is 1.39 bits per heavy atom. The molecule has 0 amide bonds. The number of anilines is 1. The fourth-order valence-electron chi connectivity index (χ4n) is 2.05. The number of aryl methyl sites for hydroxylation is 1. The van der Waals surface area contributed by atoms with E-state index >= 15 is 0 Å². The predicted octanol–water partition coefficient (Wildman–Crippen LogP) is 2.67. The minimum Gasteiger partial charge on any atom is -0.397 e. The number of thiazole rings is 1. The first-order valence-electron chi connectivity index (χ1n) is 5.62. The molecule has 92 valence electrons. The number of nitrogens with two attached hydrogens (primary N) is 1. The van der Waals surface area contributed by atoms with Crippen molar-refractivity contribution >= 4 is 27.9 Å². The number of fused-ring (bicyclic) bond motifs is 1. The molecule has 3 rings (SSSR count). The first-order valence-corrected chi connectivity index (χ1v) is 6.44. The summed E-state index contributed by atoms with van der Waals surface area (Å²) < 4.78 is 0. The first kappa shape index (κ1) is 11.3. The summed E-state index contributed by atoms with van der Waals surface area (Å²) in [6.07, 6.45) is 1.69. The summed E-state index contributed by atoms with van der Waals surface area (Å²) in [6, 6.07) is 6.08. The van der Waals surface area contributed by atoms with Crippen LogP contribution in [-0.2, 0) is 6.61 Å². The molecular weight excluding hydrogens is 246 g/mol. The Labute approximate surface area is 108 Å². The van der Waals surface area contributed by atoms with E-state index in [1.807, 2.05) is 19.1 Å². The molecule has 4 nitrogen and oxygen atoms in total. The van der Waals surface area contributed by atoms with Gasteiger partial charge in [-0.15, -0.1) is 11.3 Å². The molecule has 0 aliphatic heterocycles. The van der Waals surface area contributed by atoms with Crippen LogP contribution in [0.4, 0.5) is 5.69 Å². The van der Waals surface area contributed by atoms with Gasteiger partial charge in [-0.3, -0.25) is 0 Å². The van der Waals surface area contributed by atoms with Crippen molar-refractivity contribution in [2.45, 2.75) is 13.5 Å². The number of H-pyrrole nitrogens is 1. The minimum absolute atomic E-state index is 0.0269. The van der Waals surface area contributed by atoms with Crippen LogP contribution < -0.4 is 5.73 Å². The molecule has 0 unspecified atom stereocenters. The van der Waals surface area contributed by atoms with Crippen molar-refractivity contribution < 1.29 is 5.11 Å². The first-order chi connectivity index (χ1) is 8.67. The van der Waals surface area contributed by atoms with Gasteiger partial charge in [0.25, 0.3) is 0 Å². The molecule has 0 aliphatic rings. The molecule has 5 heteroatoms. The van der Waals surface area contributed by atoms with Crippen LogP contribution in [-0.4, -0.2) is 15.1 Å². The van der Waals surface area contributed by atoms with Gasteiger partial charge >= 0.3 is 0 Å². The maximum atomic E-state index is 9.06. The predicted molar refractivity (Wildman–Crippen MR) is 74.5 cm³/mol. The molecule has 0 fully saturated rings. The fourth-order valence-corrected chi connectivity index (χ4v) is 2.79. The minimum atomic E-state index is 0.0269. The Kier molecular flexibility index (Phi) is 2.57. The Morgan fingerprint density at radius 3 is 2.94 bits per heavy atom. The van der Waals surface area contributed by atoms with Gasteiger partial charge in [-0.1, -0.05) is 0 Å². The summed E-state index contributed by atoms with van der Waals surface area (Å²) in [4.78, 5) is 8.43. The van der Waals surface area contributed by atoms with E-state index in [-0.39, 0.29) is 6.61 Å². The number of aliphatic hydroxyl groups excluding tert-OH is 1. The Hall–Kier alpha value is -1.85. The lowest BCUT2D eigenvalue weighted by atomic mass is 10.1. The average Bonchev–Trinajstić information content (AvgIpc) is 2.93. The van der Waals surface area contributed by atoms with Crippen molar-refractivity contribution in [3.8, 4) is 10.7 Å². The smallest absolute Gasteiger partial charge is 0.139 e. The summed E-state index contributed by atoms with van der Waals surface area (Å²) in [5.41, 5.74) is 9.75. The van der Waals surface area contributed by atoms with E-state index in [2.05, 4.69) is 16.0 Å². The molecule has 3 aromatic rings. The van der Waals surface area contributed by atoms with Gasteiger partial charge in [-0.05, 0) is 30.7 Å². The van der Waals surface area contributed by atoms with Crippen molar-refractivity contribution in [3.05, 3.63) is 34.8 Å². The SMILES string of the molecule is Cc1cc(N)c2[nH]c(-c3ncc(CO)s3)cc2c1. The van der Waals surface area contributed by atoms with Gasteiger partial charge in [0, 0.05) is 11.6 Å². The quantitative estimate of drug-likeness (QED) is 0.619. The number of aliphatic hydroxyl groups is 1. The van der Waals surface area contributed by atoms with Gasteiger partial charge < -0.3 is 15.8 Å². The molecule has 0 saturated carbocycles. The highest BCUT2D eigenvalue weighted by Crippen LogP contribution is 2.30. The number of hydrogen-bond donors (Lipinski definition) is 3. The van der Waals surface area contributed by atoms with Crippen LogP contribution in [0.5, 0.6) is 0 Å². The zero-order chi connectivity index (χ0) is 12.7. The lowest BCUT2D eigenvalue weighted by Gasteiger charge is -1.97. The third kappa shape index (κ3) is 1.77. The van der Waals surface area contributed by atoms with E-state index in [1.165, 1.54) is 11.3 Å². The average molecular weight is 259 g/mol. The van der Waals surface area contributed by atoms with E-state index in [4.69, 9.17) is 10.8 Å². The Balaban J connectivity index is 2.16. The second-order valence-electron chi connectivity index (χ2n) is 4.29. The molecule has 2 aromatic heterocycles. The maximum absolute atomic E-state index is 9.06. The summed E-state index contributed by atoms with van der Waals surface area (Å²) in [7, 11) is 0. The number of nitrogen functional groups attached to an aromatic ring is 1. The van der Waals surface area contributed by atoms with E-state index in [0.717, 1.165) is 37.7 Å². The summed E-state index contributed by atoms with van der Waals surface area (Å²) in [6.45, 7) is 2.05. The van der Waals surface area contributed by atoms with Crippen molar-refractivity contribution in [2.24, 2.45) is 0 Å². The number of nitrogens with one attached hydrogen (secondary N) is 1. The standard InChI is InChI=1S/C13H13N3OS/c1-7-2-8-4-11(16-12(8)10(14)3-7)13-15-5-9(6-17)18-13/h2-5,16-17H,6,14H2,1H3. The van der Waals surface area contributed by atoms with Crippen LogP contribution in [0.15, 0.2) is 24.4 Å². The van der Waals surface area contributed by atoms with Crippen LogP contribution in [0.25, 0.3) is 21.6 Å². The second-order valence-corrected chi connectivity index (χ2v) is 5.41. The number of rotatable bonds is 2. The number of aromatic nitrogens is 2. The summed E-state index contributed by atoms with van der Waals surface area (Å²) >= 11 is 1.48. The van der Waals surface area contributed by atoms with E-state index in [1.54, 1.807) is 6.20 Å². The highest BCUT2D eigenvalue weighted by molar-refractivity contribution is 7.14. The fraction of sp³-hybridized carbons (Fsp3) is 0.154. The number of aromatic amines is 1. The van der Waals surface area contributed by atoms with Crippen molar-refractivity contribution in [2.75, 3.05) is 5.73 Å².